The number of nitrogens with zero attached hydrogens (tertiary/aromatic N) is 1. The summed E-state index contributed by atoms with van der Waals surface area (Å²) in [5.41, 5.74) is -0.237. The molecule has 0 radical (unpaired) electrons. The Labute approximate surface area is 130 Å². The number of carboxylic acid groups (broad SMARTS) is 1. The number of thiophene rings is 1. The Morgan fingerprint density at radius 3 is 2.64 bits per heavy atom. The summed E-state index contributed by atoms with van der Waals surface area (Å²) in [4.78, 5) is 26.2. The Balaban J connectivity index is 1.85. The fourth-order valence-corrected chi connectivity index (χ4v) is 3.00. The van der Waals surface area contributed by atoms with Gasteiger partial charge in [-0.05, 0) is 42.5 Å². The summed E-state index contributed by atoms with van der Waals surface area (Å²) in [6.07, 6.45) is 1.85. The van der Waals surface area contributed by atoms with E-state index >= 15 is 0 Å². The first kappa shape index (κ1) is 14.7. The van der Waals surface area contributed by atoms with Gasteiger partial charge in [0, 0.05) is 10.9 Å². The molecule has 0 bridgehead atoms. The predicted octanol–water partition coefficient (Wildman–Crippen LogP) is 3.39. The third-order valence-electron chi connectivity index (χ3n) is 3.60. The zero-order valence-corrected chi connectivity index (χ0v) is 12.5. The largest absolute Gasteiger partial charge is 0.478 e. The maximum Gasteiger partial charge on any atom is 0.335 e. The third kappa shape index (κ3) is 3.01. The SMILES string of the molecule is O=C(O)c1ccc(C(=O)N(Cc2cccs2)C2CC2)c(F)c1. The van der Waals surface area contributed by atoms with Crippen LogP contribution < -0.4 is 0 Å². The van der Waals surface area contributed by atoms with Crippen molar-refractivity contribution >= 4 is 23.2 Å². The van der Waals surface area contributed by atoms with Crippen LogP contribution in [0, 0.1) is 5.82 Å². The number of hydrogen-bond donors (Lipinski definition) is 1. The Hall–Kier alpha value is -2.21. The van der Waals surface area contributed by atoms with Crippen molar-refractivity contribution in [2.45, 2.75) is 25.4 Å². The minimum absolute atomic E-state index is 0.0755. The fourth-order valence-electron chi connectivity index (χ4n) is 2.30. The molecule has 1 heterocycles. The average molecular weight is 319 g/mol. The van der Waals surface area contributed by atoms with Crippen molar-refractivity contribution in [2.75, 3.05) is 0 Å². The molecule has 6 heteroatoms. The lowest BCUT2D eigenvalue weighted by molar-refractivity contribution is 0.0690. The Kier molecular flexibility index (Phi) is 3.94. The molecule has 0 atom stereocenters. The molecule has 2 aromatic rings. The van der Waals surface area contributed by atoms with Crippen molar-refractivity contribution in [3.63, 3.8) is 0 Å². The van der Waals surface area contributed by atoms with Crippen LogP contribution in [0.15, 0.2) is 35.7 Å². The number of amides is 1. The van der Waals surface area contributed by atoms with Crippen LogP contribution in [-0.4, -0.2) is 27.9 Å². The van der Waals surface area contributed by atoms with Gasteiger partial charge in [-0.1, -0.05) is 6.07 Å². The van der Waals surface area contributed by atoms with E-state index in [-0.39, 0.29) is 23.1 Å². The number of aromatic carboxylic acids is 1. The van der Waals surface area contributed by atoms with Gasteiger partial charge in [0.15, 0.2) is 0 Å². The summed E-state index contributed by atoms with van der Waals surface area (Å²) in [6, 6.07) is 7.41. The second kappa shape index (κ2) is 5.88. The van der Waals surface area contributed by atoms with Crippen LogP contribution in [0.3, 0.4) is 0 Å². The predicted molar refractivity (Wildman–Crippen MR) is 80.6 cm³/mol. The molecule has 1 aromatic carbocycles. The van der Waals surface area contributed by atoms with Gasteiger partial charge in [0.25, 0.3) is 5.91 Å². The zero-order valence-electron chi connectivity index (χ0n) is 11.7. The number of benzene rings is 1. The number of rotatable bonds is 5. The van der Waals surface area contributed by atoms with E-state index < -0.39 is 11.8 Å². The lowest BCUT2D eigenvalue weighted by Crippen LogP contribution is -2.33. The first-order valence-electron chi connectivity index (χ1n) is 6.92. The summed E-state index contributed by atoms with van der Waals surface area (Å²) in [5.74, 6) is -2.39. The summed E-state index contributed by atoms with van der Waals surface area (Å²) < 4.78 is 14.1. The van der Waals surface area contributed by atoms with Crippen LogP contribution in [0.2, 0.25) is 0 Å². The van der Waals surface area contributed by atoms with E-state index in [1.165, 1.54) is 12.1 Å². The molecule has 1 aliphatic carbocycles. The summed E-state index contributed by atoms with van der Waals surface area (Å²) in [6.45, 7) is 0.460. The molecule has 4 nitrogen and oxygen atoms in total. The summed E-state index contributed by atoms with van der Waals surface area (Å²) in [5, 5.41) is 10.8. The van der Waals surface area contributed by atoms with E-state index in [0.29, 0.717) is 6.54 Å². The molecular formula is C16H14FNO3S. The molecule has 1 aromatic heterocycles. The molecular weight excluding hydrogens is 305 g/mol. The number of carboxylic acids is 1. The van der Waals surface area contributed by atoms with Crippen molar-refractivity contribution in [3.05, 3.63) is 57.5 Å². The van der Waals surface area contributed by atoms with Gasteiger partial charge in [0.1, 0.15) is 5.82 Å². The molecule has 0 unspecified atom stereocenters. The van der Waals surface area contributed by atoms with E-state index in [0.717, 1.165) is 23.8 Å². The van der Waals surface area contributed by atoms with Crippen LogP contribution >= 0.6 is 11.3 Å². The molecule has 3 rings (SSSR count). The molecule has 1 saturated carbocycles. The van der Waals surface area contributed by atoms with Crippen LogP contribution in [0.25, 0.3) is 0 Å². The normalized spacial score (nSPS) is 13.9. The van der Waals surface area contributed by atoms with Crippen molar-refractivity contribution in [1.82, 2.24) is 4.90 Å². The van der Waals surface area contributed by atoms with Crippen molar-refractivity contribution < 1.29 is 19.1 Å². The van der Waals surface area contributed by atoms with Gasteiger partial charge in [0.2, 0.25) is 0 Å². The number of hydrogen-bond acceptors (Lipinski definition) is 3. The lowest BCUT2D eigenvalue weighted by Gasteiger charge is -2.22. The Bertz CT molecular complexity index is 710. The van der Waals surface area contributed by atoms with E-state index in [2.05, 4.69) is 0 Å². The molecule has 1 N–H and O–H groups in total. The van der Waals surface area contributed by atoms with Gasteiger partial charge in [0.05, 0.1) is 17.7 Å². The number of carbonyl (C=O) groups excluding carboxylic acids is 1. The maximum atomic E-state index is 14.1. The number of carbonyl (C=O) groups is 2. The van der Waals surface area contributed by atoms with Gasteiger partial charge in [-0.2, -0.15) is 0 Å². The third-order valence-corrected chi connectivity index (χ3v) is 4.46. The van der Waals surface area contributed by atoms with E-state index in [1.54, 1.807) is 16.2 Å². The summed E-state index contributed by atoms with van der Waals surface area (Å²) >= 11 is 1.55. The molecule has 0 saturated heterocycles. The van der Waals surface area contributed by atoms with Crippen molar-refractivity contribution in [3.8, 4) is 0 Å². The molecule has 0 spiro atoms. The van der Waals surface area contributed by atoms with Gasteiger partial charge < -0.3 is 10.0 Å². The van der Waals surface area contributed by atoms with E-state index in [9.17, 15) is 14.0 Å². The van der Waals surface area contributed by atoms with Gasteiger partial charge in [-0.3, -0.25) is 4.79 Å². The molecule has 1 aliphatic rings. The maximum absolute atomic E-state index is 14.1. The average Bonchev–Trinajstić information content (AvgIpc) is 3.20. The highest BCUT2D eigenvalue weighted by atomic mass is 32.1. The van der Waals surface area contributed by atoms with Crippen LogP contribution in [0.4, 0.5) is 4.39 Å². The van der Waals surface area contributed by atoms with Gasteiger partial charge >= 0.3 is 5.97 Å². The minimum Gasteiger partial charge on any atom is -0.478 e. The molecule has 114 valence electrons. The highest BCUT2D eigenvalue weighted by Gasteiger charge is 2.34. The fraction of sp³-hybridized carbons (Fsp3) is 0.250. The van der Waals surface area contributed by atoms with Crippen LogP contribution in [0.5, 0.6) is 0 Å². The van der Waals surface area contributed by atoms with Gasteiger partial charge in [-0.15, -0.1) is 11.3 Å². The highest BCUT2D eigenvalue weighted by Crippen LogP contribution is 2.31. The lowest BCUT2D eigenvalue weighted by atomic mass is 10.1. The second-order valence-electron chi connectivity index (χ2n) is 5.24. The first-order chi connectivity index (χ1) is 10.6. The van der Waals surface area contributed by atoms with Crippen LogP contribution in [-0.2, 0) is 6.54 Å². The Morgan fingerprint density at radius 2 is 2.09 bits per heavy atom. The van der Waals surface area contributed by atoms with Crippen molar-refractivity contribution in [2.24, 2.45) is 0 Å². The monoisotopic (exact) mass is 319 g/mol. The molecule has 1 fully saturated rings. The van der Waals surface area contributed by atoms with Crippen molar-refractivity contribution in [1.29, 1.82) is 0 Å². The summed E-state index contributed by atoms with van der Waals surface area (Å²) in [7, 11) is 0. The smallest absolute Gasteiger partial charge is 0.335 e. The van der Waals surface area contributed by atoms with Crippen LogP contribution in [0.1, 0.15) is 38.4 Å². The molecule has 1 amide bonds. The topological polar surface area (TPSA) is 57.6 Å². The highest BCUT2D eigenvalue weighted by molar-refractivity contribution is 7.09. The molecule has 22 heavy (non-hydrogen) atoms. The Morgan fingerprint density at radius 1 is 1.32 bits per heavy atom. The zero-order chi connectivity index (χ0) is 15.7. The quantitative estimate of drug-likeness (QED) is 0.919. The second-order valence-corrected chi connectivity index (χ2v) is 6.28. The minimum atomic E-state index is -1.21. The van der Waals surface area contributed by atoms with E-state index in [1.807, 2.05) is 17.5 Å². The first-order valence-corrected chi connectivity index (χ1v) is 7.80. The van der Waals surface area contributed by atoms with Gasteiger partial charge in [-0.25, -0.2) is 9.18 Å². The number of halogens is 1. The van der Waals surface area contributed by atoms with E-state index in [4.69, 9.17) is 5.11 Å². The molecule has 0 aliphatic heterocycles. The standard InChI is InChI=1S/C16H14FNO3S/c17-14-8-10(16(20)21)3-6-13(14)15(19)18(11-4-5-11)9-12-2-1-7-22-12/h1-3,6-8,11H,4-5,9H2,(H,20,21).